The Hall–Kier alpha value is -1.66. The molecule has 2 aromatic heterocycles. The number of carbonyl (C=O) groups excluding carboxylic acids is 1. The summed E-state index contributed by atoms with van der Waals surface area (Å²) in [6, 6.07) is 5.81. The monoisotopic (exact) mass is 332 g/mol. The van der Waals surface area contributed by atoms with Crippen molar-refractivity contribution in [1.29, 1.82) is 0 Å². The zero-order valence-corrected chi connectivity index (χ0v) is 14.5. The molecule has 23 heavy (non-hydrogen) atoms. The van der Waals surface area contributed by atoms with Gasteiger partial charge in [-0.3, -0.25) is 9.89 Å². The van der Waals surface area contributed by atoms with Gasteiger partial charge in [0, 0.05) is 26.2 Å². The predicted octanol–water partition coefficient (Wildman–Crippen LogP) is 2.85. The maximum atomic E-state index is 12.2. The molecule has 0 aromatic carbocycles. The third-order valence-corrected chi connectivity index (χ3v) is 5.16. The molecule has 3 rings (SSSR count). The minimum Gasteiger partial charge on any atom is -0.349 e. The van der Waals surface area contributed by atoms with Gasteiger partial charge in [0.05, 0.1) is 10.6 Å². The molecule has 0 saturated carbocycles. The molecule has 3 heterocycles. The number of hydrogen-bond acceptors (Lipinski definition) is 4. The van der Waals surface area contributed by atoms with Gasteiger partial charge in [0.25, 0.3) is 5.91 Å². The smallest absolute Gasteiger partial charge is 0.271 e. The Bertz CT molecular complexity index is 627. The van der Waals surface area contributed by atoms with Crippen molar-refractivity contribution in [2.45, 2.75) is 20.3 Å². The Balaban J connectivity index is 1.48. The Morgan fingerprint density at radius 3 is 2.91 bits per heavy atom. The summed E-state index contributed by atoms with van der Waals surface area (Å²) in [6.07, 6.45) is 1.31. The van der Waals surface area contributed by atoms with Crippen molar-refractivity contribution in [3.8, 4) is 10.6 Å². The molecule has 2 atom stereocenters. The van der Waals surface area contributed by atoms with Gasteiger partial charge in [-0.25, -0.2) is 0 Å². The molecule has 2 N–H and O–H groups in total. The fraction of sp³-hybridized carbons (Fsp3) is 0.529. The maximum Gasteiger partial charge on any atom is 0.271 e. The molecule has 1 saturated heterocycles. The topological polar surface area (TPSA) is 61.0 Å². The summed E-state index contributed by atoms with van der Waals surface area (Å²) in [5, 5.41) is 12.0. The van der Waals surface area contributed by atoms with Crippen LogP contribution in [-0.2, 0) is 0 Å². The first-order valence-corrected chi connectivity index (χ1v) is 9.09. The first-order chi connectivity index (χ1) is 11.1. The Kier molecular flexibility index (Phi) is 5.13. The van der Waals surface area contributed by atoms with E-state index in [9.17, 15) is 4.79 Å². The van der Waals surface area contributed by atoms with Gasteiger partial charge in [-0.2, -0.15) is 5.10 Å². The van der Waals surface area contributed by atoms with Crippen molar-refractivity contribution in [1.82, 2.24) is 20.4 Å². The van der Waals surface area contributed by atoms with E-state index in [-0.39, 0.29) is 5.91 Å². The number of H-pyrrole nitrogens is 1. The number of hydrogen-bond donors (Lipinski definition) is 2. The molecule has 0 radical (unpaired) electrons. The molecule has 5 nitrogen and oxygen atoms in total. The molecule has 1 aliphatic heterocycles. The van der Waals surface area contributed by atoms with E-state index in [4.69, 9.17) is 0 Å². The SMILES string of the molecule is CC1CC(C)CN(CCNC(=O)c2cc(-c3cccs3)[nH]n2)C1. The molecule has 0 spiro atoms. The van der Waals surface area contributed by atoms with Gasteiger partial charge < -0.3 is 10.2 Å². The third-order valence-electron chi connectivity index (χ3n) is 4.26. The van der Waals surface area contributed by atoms with E-state index in [1.807, 2.05) is 23.6 Å². The van der Waals surface area contributed by atoms with Gasteiger partial charge in [-0.05, 0) is 35.8 Å². The average Bonchev–Trinajstić information content (AvgIpc) is 3.17. The number of rotatable bonds is 5. The average molecular weight is 332 g/mol. The highest BCUT2D eigenvalue weighted by Crippen LogP contribution is 2.23. The number of amides is 1. The second kappa shape index (κ2) is 7.27. The van der Waals surface area contributed by atoms with Crippen LogP contribution in [0, 0.1) is 11.8 Å². The lowest BCUT2D eigenvalue weighted by molar-refractivity contribution is 0.0931. The van der Waals surface area contributed by atoms with Crippen molar-refractivity contribution in [3.63, 3.8) is 0 Å². The second-order valence-electron chi connectivity index (χ2n) is 6.61. The van der Waals surface area contributed by atoms with Crippen LogP contribution in [0.1, 0.15) is 30.8 Å². The van der Waals surface area contributed by atoms with Gasteiger partial charge in [0.2, 0.25) is 0 Å². The van der Waals surface area contributed by atoms with Gasteiger partial charge in [0.15, 0.2) is 5.69 Å². The van der Waals surface area contributed by atoms with Crippen molar-refractivity contribution in [3.05, 3.63) is 29.3 Å². The number of carbonyl (C=O) groups is 1. The van der Waals surface area contributed by atoms with Crippen molar-refractivity contribution in [2.24, 2.45) is 11.8 Å². The minimum atomic E-state index is -0.109. The Morgan fingerprint density at radius 2 is 2.22 bits per heavy atom. The van der Waals surface area contributed by atoms with E-state index in [1.54, 1.807) is 11.3 Å². The second-order valence-corrected chi connectivity index (χ2v) is 7.55. The predicted molar refractivity (Wildman–Crippen MR) is 93.6 cm³/mol. The quantitative estimate of drug-likeness (QED) is 0.885. The molecule has 124 valence electrons. The first-order valence-electron chi connectivity index (χ1n) is 8.21. The molecule has 1 aliphatic rings. The zero-order chi connectivity index (χ0) is 16.2. The minimum absolute atomic E-state index is 0.109. The summed E-state index contributed by atoms with van der Waals surface area (Å²) in [6.45, 7) is 8.44. The van der Waals surface area contributed by atoms with Crippen LogP contribution in [0.2, 0.25) is 0 Å². The molecular weight excluding hydrogens is 308 g/mol. The normalized spacial score (nSPS) is 22.2. The fourth-order valence-corrected chi connectivity index (χ4v) is 4.08. The lowest BCUT2D eigenvalue weighted by atomic mass is 9.92. The van der Waals surface area contributed by atoms with Crippen LogP contribution in [0.15, 0.2) is 23.6 Å². The lowest BCUT2D eigenvalue weighted by Gasteiger charge is -2.34. The fourth-order valence-electron chi connectivity index (χ4n) is 3.39. The van der Waals surface area contributed by atoms with E-state index in [1.165, 1.54) is 6.42 Å². The van der Waals surface area contributed by atoms with Crippen LogP contribution in [0.5, 0.6) is 0 Å². The van der Waals surface area contributed by atoms with Crippen LogP contribution >= 0.6 is 11.3 Å². The van der Waals surface area contributed by atoms with Gasteiger partial charge in [-0.1, -0.05) is 19.9 Å². The largest absolute Gasteiger partial charge is 0.349 e. The first kappa shape index (κ1) is 16.2. The number of likely N-dealkylation sites (tertiary alicyclic amines) is 1. The van der Waals surface area contributed by atoms with Crippen molar-refractivity contribution < 1.29 is 4.79 Å². The summed E-state index contributed by atoms with van der Waals surface area (Å²) >= 11 is 1.63. The summed E-state index contributed by atoms with van der Waals surface area (Å²) < 4.78 is 0. The van der Waals surface area contributed by atoms with Crippen LogP contribution in [0.4, 0.5) is 0 Å². The highest BCUT2D eigenvalue weighted by Gasteiger charge is 2.21. The van der Waals surface area contributed by atoms with E-state index in [0.29, 0.717) is 12.2 Å². The molecule has 0 aliphatic carbocycles. The van der Waals surface area contributed by atoms with Gasteiger partial charge in [-0.15, -0.1) is 11.3 Å². The Morgan fingerprint density at radius 1 is 1.43 bits per heavy atom. The third kappa shape index (κ3) is 4.20. The number of thiophene rings is 1. The maximum absolute atomic E-state index is 12.2. The summed E-state index contributed by atoms with van der Waals surface area (Å²) in [4.78, 5) is 15.7. The van der Waals surface area contributed by atoms with Crippen molar-refractivity contribution >= 4 is 17.2 Å². The molecule has 0 bridgehead atoms. The number of nitrogens with one attached hydrogen (secondary N) is 2. The standard InChI is InChI=1S/C17H24N4OS/c1-12-8-13(2)11-21(10-12)6-5-18-17(22)15-9-14(19-20-15)16-4-3-7-23-16/h3-4,7,9,12-13H,5-6,8,10-11H2,1-2H3,(H,18,22)(H,19,20). The molecule has 6 heteroatoms. The molecule has 2 unspecified atom stereocenters. The van der Waals surface area contributed by atoms with Crippen LogP contribution in [0.25, 0.3) is 10.6 Å². The summed E-state index contributed by atoms with van der Waals surface area (Å²) in [5.41, 5.74) is 1.35. The van der Waals surface area contributed by atoms with Crippen LogP contribution < -0.4 is 5.32 Å². The van der Waals surface area contributed by atoms with Gasteiger partial charge >= 0.3 is 0 Å². The summed E-state index contributed by atoms with van der Waals surface area (Å²) in [5.74, 6) is 1.38. The van der Waals surface area contributed by atoms with E-state index in [2.05, 4.69) is 34.3 Å². The van der Waals surface area contributed by atoms with E-state index >= 15 is 0 Å². The number of piperidine rings is 1. The highest BCUT2D eigenvalue weighted by atomic mass is 32.1. The van der Waals surface area contributed by atoms with Crippen molar-refractivity contribution in [2.75, 3.05) is 26.2 Å². The van der Waals surface area contributed by atoms with Crippen LogP contribution in [-0.4, -0.2) is 47.2 Å². The zero-order valence-electron chi connectivity index (χ0n) is 13.7. The molecule has 1 fully saturated rings. The summed E-state index contributed by atoms with van der Waals surface area (Å²) in [7, 11) is 0. The highest BCUT2D eigenvalue weighted by molar-refractivity contribution is 7.13. The molecular formula is C17H24N4OS. The number of nitrogens with zero attached hydrogens (tertiary/aromatic N) is 2. The van der Waals surface area contributed by atoms with Crippen LogP contribution in [0.3, 0.4) is 0 Å². The van der Waals surface area contributed by atoms with E-state index in [0.717, 1.165) is 42.0 Å². The van der Waals surface area contributed by atoms with E-state index < -0.39 is 0 Å². The molecule has 1 amide bonds. The number of aromatic nitrogens is 2. The van der Waals surface area contributed by atoms with Gasteiger partial charge in [0.1, 0.15) is 0 Å². The lowest BCUT2D eigenvalue weighted by Crippen LogP contribution is -2.42. The molecule has 2 aromatic rings. The number of aromatic amines is 1. The Labute approximate surface area is 141 Å².